The van der Waals surface area contributed by atoms with Crippen LogP contribution in [0.25, 0.3) is 0 Å². The number of rotatable bonds is 4. The van der Waals surface area contributed by atoms with Crippen LogP contribution in [0, 0.1) is 0 Å². The molecule has 1 heterocycles. The van der Waals surface area contributed by atoms with Crippen LogP contribution in [0.1, 0.15) is 12.0 Å². The normalized spacial score (nSPS) is 17.5. The molecule has 1 aromatic rings. The summed E-state index contributed by atoms with van der Waals surface area (Å²) >= 11 is 1.90. The second kappa shape index (κ2) is 6.81. The third kappa shape index (κ3) is 3.75. The fraction of sp³-hybridized carbons (Fsp3) is 0.500. The molecule has 0 unspecified atom stereocenters. The number of aryl methyl sites for hydroxylation is 1. The summed E-state index contributed by atoms with van der Waals surface area (Å²) in [5.41, 5.74) is 7.24. The van der Waals surface area contributed by atoms with Gasteiger partial charge in [-0.15, -0.1) is 0 Å². The van der Waals surface area contributed by atoms with Gasteiger partial charge in [0.1, 0.15) is 0 Å². The van der Waals surface area contributed by atoms with Crippen LogP contribution < -0.4 is 5.73 Å². The molecular weight excluding hydrogens is 244 g/mol. The zero-order chi connectivity index (χ0) is 12.8. The Bertz CT molecular complexity index is 377. The lowest BCUT2D eigenvalue weighted by atomic mass is 10.0. The van der Waals surface area contributed by atoms with Crippen molar-refractivity contribution >= 4 is 17.7 Å². The lowest BCUT2D eigenvalue weighted by Crippen LogP contribution is -2.47. The monoisotopic (exact) mass is 264 g/mol. The third-order valence-corrected chi connectivity index (χ3v) is 4.17. The Kier molecular flexibility index (Phi) is 5.08. The molecule has 2 N–H and O–H groups in total. The van der Waals surface area contributed by atoms with Crippen molar-refractivity contribution in [3.63, 3.8) is 0 Å². The Hall–Kier alpha value is -1.00. The Morgan fingerprint density at radius 3 is 2.61 bits per heavy atom. The van der Waals surface area contributed by atoms with Crippen molar-refractivity contribution < 1.29 is 4.79 Å². The minimum atomic E-state index is -0.353. The Morgan fingerprint density at radius 1 is 1.28 bits per heavy atom. The molecule has 1 amide bonds. The predicted octanol–water partition coefficient (Wildman–Crippen LogP) is 1.52. The van der Waals surface area contributed by atoms with E-state index in [0.29, 0.717) is 0 Å². The van der Waals surface area contributed by atoms with Gasteiger partial charge in [0.25, 0.3) is 0 Å². The van der Waals surface area contributed by atoms with E-state index in [1.807, 2.05) is 34.9 Å². The number of hydrogen-bond donors (Lipinski definition) is 1. The molecule has 98 valence electrons. The summed E-state index contributed by atoms with van der Waals surface area (Å²) in [4.78, 5) is 14.0. The van der Waals surface area contributed by atoms with E-state index >= 15 is 0 Å². The molecule has 1 aliphatic heterocycles. The molecule has 0 aliphatic carbocycles. The molecule has 1 saturated heterocycles. The van der Waals surface area contributed by atoms with Crippen LogP contribution in [0.3, 0.4) is 0 Å². The second-order valence-corrected chi connectivity index (χ2v) is 5.79. The van der Waals surface area contributed by atoms with Crippen LogP contribution in [0.2, 0.25) is 0 Å². The highest BCUT2D eigenvalue weighted by atomic mass is 32.2. The number of amides is 1. The van der Waals surface area contributed by atoms with Gasteiger partial charge in [0.2, 0.25) is 5.91 Å². The average molecular weight is 264 g/mol. The summed E-state index contributed by atoms with van der Waals surface area (Å²) in [7, 11) is 0. The Labute approximate surface area is 113 Å². The van der Waals surface area contributed by atoms with E-state index in [1.165, 1.54) is 5.56 Å². The molecule has 0 aromatic heterocycles. The predicted molar refractivity (Wildman–Crippen MR) is 76.6 cm³/mol. The summed E-state index contributed by atoms with van der Waals surface area (Å²) < 4.78 is 0. The maximum atomic E-state index is 12.1. The minimum absolute atomic E-state index is 0.117. The Balaban J connectivity index is 1.80. The standard InChI is InChI=1S/C14H20N2OS/c15-13(7-6-12-4-2-1-3-5-12)14(17)16-8-10-18-11-9-16/h1-5,13H,6-11,15H2/t13-/m0/s1. The van der Waals surface area contributed by atoms with Gasteiger partial charge in [0.15, 0.2) is 0 Å². The lowest BCUT2D eigenvalue weighted by molar-refractivity contribution is -0.132. The van der Waals surface area contributed by atoms with E-state index < -0.39 is 0 Å². The summed E-state index contributed by atoms with van der Waals surface area (Å²) in [6.07, 6.45) is 1.60. The molecule has 0 bridgehead atoms. The highest BCUT2D eigenvalue weighted by Gasteiger charge is 2.22. The van der Waals surface area contributed by atoms with Gasteiger partial charge in [-0.05, 0) is 18.4 Å². The summed E-state index contributed by atoms with van der Waals surface area (Å²) in [6.45, 7) is 1.70. The van der Waals surface area contributed by atoms with Crippen LogP contribution in [-0.2, 0) is 11.2 Å². The van der Waals surface area contributed by atoms with Crippen molar-refractivity contribution in [1.82, 2.24) is 4.90 Å². The van der Waals surface area contributed by atoms with Crippen LogP contribution in [0.15, 0.2) is 30.3 Å². The van der Waals surface area contributed by atoms with Gasteiger partial charge >= 0.3 is 0 Å². The molecule has 3 nitrogen and oxygen atoms in total. The lowest BCUT2D eigenvalue weighted by Gasteiger charge is -2.28. The van der Waals surface area contributed by atoms with Gasteiger partial charge in [-0.3, -0.25) is 4.79 Å². The van der Waals surface area contributed by atoms with E-state index in [0.717, 1.165) is 37.4 Å². The van der Waals surface area contributed by atoms with Crippen LogP contribution >= 0.6 is 11.8 Å². The first-order valence-corrected chi connectivity index (χ1v) is 7.59. The quantitative estimate of drug-likeness (QED) is 0.897. The van der Waals surface area contributed by atoms with E-state index in [9.17, 15) is 4.79 Å². The van der Waals surface area contributed by atoms with Crippen molar-refractivity contribution in [3.05, 3.63) is 35.9 Å². The Morgan fingerprint density at radius 2 is 1.94 bits per heavy atom. The molecular formula is C14H20N2OS. The molecule has 2 rings (SSSR count). The van der Waals surface area contributed by atoms with Gasteiger partial charge in [0, 0.05) is 24.6 Å². The molecule has 1 aromatic carbocycles. The first kappa shape index (κ1) is 13.4. The maximum absolute atomic E-state index is 12.1. The molecule has 4 heteroatoms. The first-order chi connectivity index (χ1) is 8.77. The molecule has 1 fully saturated rings. The largest absolute Gasteiger partial charge is 0.340 e. The van der Waals surface area contributed by atoms with Crippen molar-refractivity contribution in [1.29, 1.82) is 0 Å². The molecule has 0 saturated carbocycles. The van der Waals surface area contributed by atoms with Crippen LogP contribution in [0.4, 0.5) is 0 Å². The van der Waals surface area contributed by atoms with Crippen molar-refractivity contribution in [3.8, 4) is 0 Å². The van der Waals surface area contributed by atoms with Gasteiger partial charge in [-0.1, -0.05) is 30.3 Å². The van der Waals surface area contributed by atoms with Crippen molar-refractivity contribution in [2.75, 3.05) is 24.6 Å². The van der Waals surface area contributed by atoms with E-state index in [2.05, 4.69) is 12.1 Å². The number of carbonyl (C=O) groups is 1. The molecule has 1 atom stereocenters. The zero-order valence-electron chi connectivity index (χ0n) is 10.5. The van der Waals surface area contributed by atoms with Crippen molar-refractivity contribution in [2.45, 2.75) is 18.9 Å². The highest BCUT2D eigenvalue weighted by Crippen LogP contribution is 2.11. The minimum Gasteiger partial charge on any atom is -0.340 e. The highest BCUT2D eigenvalue weighted by molar-refractivity contribution is 7.99. The fourth-order valence-corrected chi connectivity index (χ4v) is 3.01. The zero-order valence-corrected chi connectivity index (χ0v) is 11.4. The topological polar surface area (TPSA) is 46.3 Å². The number of nitrogens with two attached hydrogens (primary N) is 1. The van der Waals surface area contributed by atoms with E-state index in [-0.39, 0.29) is 11.9 Å². The number of benzene rings is 1. The number of thioether (sulfide) groups is 1. The molecule has 18 heavy (non-hydrogen) atoms. The van der Waals surface area contributed by atoms with E-state index in [4.69, 9.17) is 5.73 Å². The first-order valence-electron chi connectivity index (χ1n) is 6.43. The SMILES string of the molecule is N[C@@H](CCc1ccccc1)C(=O)N1CCSCC1. The van der Waals surface area contributed by atoms with Gasteiger partial charge in [0.05, 0.1) is 6.04 Å². The van der Waals surface area contributed by atoms with Crippen molar-refractivity contribution in [2.24, 2.45) is 5.73 Å². The third-order valence-electron chi connectivity index (χ3n) is 3.23. The number of hydrogen-bond acceptors (Lipinski definition) is 3. The maximum Gasteiger partial charge on any atom is 0.239 e. The number of nitrogens with zero attached hydrogens (tertiary/aromatic N) is 1. The molecule has 0 radical (unpaired) electrons. The fourth-order valence-electron chi connectivity index (χ4n) is 2.11. The number of carbonyl (C=O) groups excluding carboxylic acids is 1. The molecule has 0 spiro atoms. The van der Waals surface area contributed by atoms with E-state index in [1.54, 1.807) is 0 Å². The average Bonchev–Trinajstić information content (AvgIpc) is 2.46. The van der Waals surface area contributed by atoms with Gasteiger partial charge in [-0.2, -0.15) is 11.8 Å². The van der Waals surface area contributed by atoms with Crippen LogP contribution in [-0.4, -0.2) is 41.4 Å². The molecule has 1 aliphatic rings. The van der Waals surface area contributed by atoms with Gasteiger partial charge < -0.3 is 10.6 Å². The smallest absolute Gasteiger partial charge is 0.239 e. The van der Waals surface area contributed by atoms with Crippen LogP contribution in [0.5, 0.6) is 0 Å². The second-order valence-electron chi connectivity index (χ2n) is 4.57. The summed E-state index contributed by atoms with van der Waals surface area (Å²) in [6, 6.07) is 9.84. The van der Waals surface area contributed by atoms with Gasteiger partial charge in [-0.25, -0.2) is 0 Å². The summed E-state index contributed by atoms with van der Waals surface area (Å²) in [5.74, 6) is 2.19. The summed E-state index contributed by atoms with van der Waals surface area (Å²) in [5, 5.41) is 0.